The maximum atomic E-state index is 11.8. The summed E-state index contributed by atoms with van der Waals surface area (Å²) in [6, 6.07) is 0. The molecular formula is C17H30N2O3S. The van der Waals surface area contributed by atoms with E-state index in [-0.39, 0.29) is 17.3 Å². The Kier molecular flexibility index (Phi) is 6.23. The Morgan fingerprint density at radius 3 is 2.39 bits per heavy atom. The molecule has 0 spiro atoms. The number of hydrogen-bond donors (Lipinski definition) is 2. The molecule has 2 aliphatic rings. The molecule has 0 aromatic heterocycles. The summed E-state index contributed by atoms with van der Waals surface area (Å²) in [5.74, 6) is 1.36. The number of nitrogens with zero attached hydrogens (tertiary/aromatic N) is 1. The summed E-state index contributed by atoms with van der Waals surface area (Å²) in [6.45, 7) is 7.96. The maximum Gasteiger partial charge on any atom is 0.407 e. The van der Waals surface area contributed by atoms with Crippen molar-refractivity contribution < 1.29 is 14.3 Å². The maximum absolute atomic E-state index is 11.8. The van der Waals surface area contributed by atoms with Gasteiger partial charge in [0, 0.05) is 31.3 Å². The van der Waals surface area contributed by atoms with Crippen molar-refractivity contribution in [2.45, 2.75) is 63.7 Å². The Bertz CT molecular complexity index is 428. The van der Waals surface area contributed by atoms with Gasteiger partial charge in [-0.2, -0.15) is 12.6 Å². The average molecular weight is 343 g/mol. The summed E-state index contributed by atoms with van der Waals surface area (Å²) < 4.78 is 5.26. The Morgan fingerprint density at radius 1 is 1.26 bits per heavy atom. The van der Waals surface area contributed by atoms with Gasteiger partial charge in [-0.15, -0.1) is 0 Å². The Balaban J connectivity index is 1.64. The quantitative estimate of drug-likeness (QED) is 0.773. The van der Waals surface area contributed by atoms with E-state index in [2.05, 4.69) is 17.9 Å². The number of hydrogen-bond acceptors (Lipinski definition) is 4. The van der Waals surface area contributed by atoms with Crippen molar-refractivity contribution in [3.63, 3.8) is 0 Å². The van der Waals surface area contributed by atoms with E-state index in [9.17, 15) is 9.59 Å². The van der Waals surface area contributed by atoms with Gasteiger partial charge in [-0.3, -0.25) is 4.79 Å². The standard InChI is InChI=1S/C17H30N2O3S/c1-17(2,3)22-16(21)18-9-12-4-6-13(7-5-12)10-19-11-14(23)8-15(19)20/h12-14,23H,4-11H2,1-3H3,(H,18,21). The minimum absolute atomic E-state index is 0.205. The van der Waals surface area contributed by atoms with E-state index in [4.69, 9.17) is 4.74 Å². The number of thiol groups is 1. The molecule has 6 heteroatoms. The smallest absolute Gasteiger partial charge is 0.407 e. The highest BCUT2D eigenvalue weighted by Crippen LogP contribution is 2.30. The van der Waals surface area contributed by atoms with Crippen molar-refractivity contribution in [1.82, 2.24) is 10.2 Å². The lowest BCUT2D eigenvalue weighted by Crippen LogP contribution is -2.37. The molecule has 0 radical (unpaired) electrons. The van der Waals surface area contributed by atoms with Crippen LogP contribution in [0.4, 0.5) is 4.79 Å². The average Bonchev–Trinajstić information content (AvgIpc) is 2.74. The van der Waals surface area contributed by atoms with Gasteiger partial charge < -0.3 is 15.0 Å². The van der Waals surface area contributed by atoms with E-state index in [1.807, 2.05) is 25.7 Å². The molecule has 2 fully saturated rings. The van der Waals surface area contributed by atoms with E-state index in [1.54, 1.807) is 0 Å². The van der Waals surface area contributed by atoms with Gasteiger partial charge >= 0.3 is 6.09 Å². The minimum atomic E-state index is -0.450. The van der Waals surface area contributed by atoms with Crippen LogP contribution in [0.15, 0.2) is 0 Å². The number of ether oxygens (including phenoxy) is 1. The highest BCUT2D eigenvalue weighted by Gasteiger charge is 2.30. The third-order valence-electron chi connectivity index (χ3n) is 4.57. The predicted molar refractivity (Wildman–Crippen MR) is 93.7 cm³/mol. The molecule has 1 saturated heterocycles. The van der Waals surface area contributed by atoms with Gasteiger partial charge in [0.25, 0.3) is 0 Å². The molecule has 5 nitrogen and oxygen atoms in total. The minimum Gasteiger partial charge on any atom is -0.444 e. The third-order valence-corrected chi connectivity index (χ3v) is 4.92. The first kappa shape index (κ1) is 18.4. The SMILES string of the molecule is CC(C)(C)OC(=O)NCC1CCC(CN2CC(S)CC2=O)CC1. The zero-order chi connectivity index (χ0) is 17.0. The van der Waals surface area contributed by atoms with Crippen LogP contribution in [0.25, 0.3) is 0 Å². The molecule has 1 saturated carbocycles. The molecule has 1 atom stereocenters. The molecule has 0 aromatic carbocycles. The monoisotopic (exact) mass is 342 g/mol. The molecule has 1 aliphatic carbocycles. The summed E-state index contributed by atoms with van der Waals surface area (Å²) >= 11 is 4.40. The van der Waals surface area contributed by atoms with Crippen LogP contribution in [-0.4, -0.2) is 47.4 Å². The number of amides is 2. The molecule has 1 unspecified atom stereocenters. The van der Waals surface area contributed by atoms with Gasteiger partial charge in [-0.05, 0) is 58.3 Å². The van der Waals surface area contributed by atoms with Crippen LogP contribution in [0.1, 0.15) is 52.9 Å². The third kappa shape index (κ3) is 6.24. The Morgan fingerprint density at radius 2 is 1.87 bits per heavy atom. The van der Waals surface area contributed by atoms with Gasteiger partial charge in [0.05, 0.1) is 0 Å². The molecule has 132 valence electrons. The normalized spacial score (nSPS) is 28.8. The topological polar surface area (TPSA) is 58.6 Å². The van der Waals surface area contributed by atoms with Gasteiger partial charge in [-0.1, -0.05) is 0 Å². The summed E-state index contributed by atoms with van der Waals surface area (Å²) in [5, 5.41) is 3.08. The first-order valence-corrected chi connectivity index (χ1v) is 9.17. The molecule has 1 N–H and O–H groups in total. The Labute approximate surface area is 144 Å². The van der Waals surface area contributed by atoms with Crippen LogP contribution in [0, 0.1) is 11.8 Å². The molecule has 1 heterocycles. The lowest BCUT2D eigenvalue weighted by Gasteiger charge is -2.31. The molecule has 23 heavy (non-hydrogen) atoms. The van der Waals surface area contributed by atoms with Crippen LogP contribution in [-0.2, 0) is 9.53 Å². The van der Waals surface area contributed by atoms with Gasteiger partial charge in [0.15, 0.2) is 0 Å². The summed E-state index contributed by atoms with van der Waals surface area (Å²) in [5.41, 5.74) is -0.450. The number of likely N-dealkylation sites (tertiary alicyclic amines) is 1. The lowest BCUT2D eigenvalue weighted by atomic mass is 9.82. The molecule has 0 aromatic rings. The van der Waals surface area contributed by atoms with Crippen molar-refractivity contribution in [2.24, 2.45) is 11.8 Å². The first-order chi connectivity index (χ1) is 10.7. The summed E-state index contributed by atoms with van der Waals surface area (Å²) in [7, 11) is 0. The number of nitrogens with one attached hydrogen (secondary N) is 1. The van der Waals surface area contributed by atoms with Crippen molar-refractivity contribution in [1.29, 1.82) is 0 Å². The molecule has 2 rings (SSSR count). The number of alkyl carbamates (subject to hydrolysis) is 1. The number of carbonyl (C=O) groups is 2. The molecular weight excluding hydrogens is 312 g/mol. The van der Waals surface area contributed by atoms with Crippen molar-refractivity contribution >= 4 is 24.6 Å². The molecule has 1 aliphatic heterocycles. The van der Waals surface area contributed by atoms with Gasteiger partial charge in [0.1, 0.15) is 5.60 Å². The fourth-order valence-electron chi connectivity index (χ4n) is 3.40. The zero-order valence-corrected chi connectivity index (χ0v) is 15.4. The van der Waals surface area contributed by atoms with Crippen molar-refractivity contribution in [3.8, 4) is 0 Å². The molecule has 2 amide bonds. The largest absolute Gasteiger partial charge is 0.444 e. The van der Waals surface area contributed by atoms with E-state index in [1.165, 1.54) is 0 Å². The highest BCUT2D eigenvalue weighted by atomic mass is 32.1. The van der Waals surface area contributed by atoms with Crippen LogP contribution in [0.2, 0.25) is 0 Å². The fraction of sp³-hybridized carbons (Fsp3) is 0.882. The second-order valence-corrected chi connectivity index (χ2v) is 8.66. The van der Waals surface area contributed by atoms with E-state index in [0.717, 1.165) is 38.8 Å². The second kappa shape index (κ2) is 7.77. The Hall–Kier alpha value is -0.910. The fourth-order valence-corrected chi connectivity index (χ4v) is 3.75. The first-order valence-electron chi connectivity index (χ1n) is 8.65. The highest BCUT2D eigenvalue weighted by molar-refractivity contribution is 7.81. The van der Waals surface area contributed by atoms with E-state index < -0.39 is 5.60 Å². The van der Waals surface area contributed by atoms with Crippen LogP contribution in [0.3, 0.4) is 0 Å². The van der Waals surface area contributed by atoms with Gasteiger partial charge in [0.2, 0.25) is 5.91 Å². The van der Waals surface area contributed by atoms with Crippen LogP contribution >= 0.6 is 12.6 Å². The summed E-state index contributed by atoms with van der Waals surface area (Å²) in [6.07, 6.45) is 4.71. The molecule has 0 bridgehead atoms. The van der Waals surface area contributed by atoms with E-state index in [0.29, 0.717) is 24.8 Å². The lowest BCUT2D eigenvalue weighted by molar-refractivity contribution is -0.128. The van der Waals surface area contributed by atoms with E-state index >= 15 is 0 Å². The van der Waals surface area contributed by atoms with Crippen molar-refractivity contribution in [2.75, 3.05) is 19.6 Å². The summed E-state index contributed by atoms with van der Waals surface area (Å²) in [4.78, 5) is 25.5. The second-order valence-electron chi connectivity index (χ2n) is 7.93. The number of carbonyl (C=O) groups excluding carboxylic acids is 2. The van der Waals surface area contributed by atoms with Crippen molar-refractivity contribution in [3.05, 3.63) is 0 Å². The zero-order valence-electron chi connectivity index (χ0n) is 14.5. The number of rotatable bonds is 4. The predicted octanol–water partition coefficient (Wildman–Crippen LogP) is 2.85. The van der Waals surface area contributed by atoms with Crippen LogP contribution in [0.5, 0.6) is 0 Å². The van der Waals surface area contributed by atoms with Crippen LogP contribution < -0.4 is 5.32 Å². The van der Waals surface area contributed by atoms with Gasteiger partial charge in [-0.25, -0.2) is 4.79 Å².